The Morgan fingerprint density at radius 3 is 2.60 bits per heavy atom. The van der Waals surface area contributed by atoms with Crippen LogP contribution in [0.25, 0.3) is 0 Å². The lowest BCUT2D eigenvalue weighted by molar-refractivity contribution is -0.117. The van der Waals surface area contributed by atoms with Crippen molar-refractivity contribution < 1.29 is 4.79 Å². The summed E-state index contributed by atoms with van der Waals surface area (Å²) >= 11 is 1.44. The standard InChI is InChI=1S/C15H19N3OS/c1-3-8-12(11-9-6-5-7-10-11)14(19)16-15-18-17-13(4-2)20-15/h5-7,9-10,12H,3-4,8H2,1-2H3,(H,16,18,19). The van der Waals surface area contributed by atoms with Crippen molar-refractivity contribution in [2.75, 3.05) is 5.32 Å². The maximum Gasteiger partial charge on any atom is 0.233 e. The SMILES string of the molecule is CCCC(C(=O)Nc1nnc(CC)s1)c1ccccc1. The van der Waals surface area contributed by atoms with Gasteiger partial charge in [0.1, 0.15) is 5.01 Å². The Hall–Kier alpha value is -1.75. The van der Waals surface area contributed by atoms with Crippen LogP contribution in [0.15, 0.2) is 30.3 Å². The Morgan fingerprint density at radius 2 is 2.00 bits per heavy atom. The molecule has 0 aliphatic heterocycles. The molecule has 0 fully saturated rings. The quantitative estimate of drug-likeness (QED) is 0.883. The summed E-state index contributed by atoms with van der Waals surface area (Å²) in [5, 5.41) is 12.4. The smallest absolute Gasteiger partial charge is 0.233 e. The summed E-state index contributed by atoms with van der Waals surface area (Å²) in [6.07, 6.45) is 2.63. The zero-order chi connectivity index (χ0) is 14.4. The number of anilines is 1. The van der Waals surface area contributed by atoms with Crippen LogP contribution in [-0.2, 0) is 11.2 Å². The first kappa shape index (κ1) is 14.7. The van der Waals surface area contributed by atoms with Gasteiger partial charge in [-0.15, -0.1) is 10.2 Å². The second kappa shape index (κ2) is 7.14. The van der Waals surface area contributed by atoms with Gasteiger partial charge in [-0.05, 0) is 18.4 Å². The highest BCUT2D eigenvalue weighted by Crippen LogP contribution is 2.24. The van der Waals surface area contributed by atoms with Crippen molar-refractivity contribution in [1.82, 2.24) is 10.2 Å². The third-order valence-corrected chi connectivity index (χ3v) is 4.08. The summed E-state index contributed by atoms with van der Waals surface area (Å²) in [7, 11) is 0. The molecule has 1 aromatic heterocycles. The van der Waals surface area contributed by atoms with Crippen LogP contribution in [0.4, 0.5) is 5.13 Å². The Balaban J connectivity index is 2.11. The molecule has 106 valence electrons. The molecule has 5 heteroatoms. The molecule has 0 bridgehead atoms. The maximum atomic E-state index is 12.4. The van der Waals surface area contributed by atoms with E-state index < -0.39 is 0 Å². The van der Waals surface area contributed by atoms with E-state index in [9.17, 15) is 4.79 Å². The van der Waals surface area contributed by atoms with Gasteiger partial charge in [0, 0.05) is 0 Å². The van der Waals surface area contributed by atoms with Crippen molar-refractivity contribution in [3.05, 3.63) is 40.9 Å². The summed E-state index contributed by atoms with van der Waals surface area (Å²) in [5.41, 5.74) is 1.05. The van der Waals surface area contributed by atoms with Crippen molar-refractivity contribution in [2.45, 2.75) is 39.0 Å². The number of benzene rings is 1. The van der Waals surface area contributed by atoms with Crippen molar-refractivity contribution in [3.63, 3.8) is 0 Å². The van der Waals surface area contributed by atoms with E-state index in [-0.39, 0.29) is 11.8 Å². The van der Waals surface area contributed by atoms with E-state index in [4.69, 9.17) is 0 Å². The molecule has 0 aliphatic rings. The van der Waals surface area contributed by atoms with Gasteiger partial charge in [-0.2, -0.15) is 0 Å². The van der Waals surface area contributed by atoms with Crippen LogP contribution >= 0.6 is 11.3 Å². The molecule has 1 aromatic carbocycles. The van der Waals surface area contributed by atoms with Gasteiger partial charge in [-0.3, -0.25) is 10.1 Å². The molecule has 0 radical (unpaired) electrons. The lowest BCUT2D eigenvalue weighted by atomic mass is 9.94. The predicted octanol–water partition coefficient (Wildman–Crippen LogP) is 3.62. The topological polar surface area (TPSA) is 54.9 Å². The Morgan fingerprint density at radius 1 is 1.25 bits per heavy atom. The normalized spacial score (nSPS) is 12.1. The summed E-state index contributed by atoms with van der Waals surface area (Å²) in [5.74, 6) is -0.132. The fraction of sp³-hybridized carbons (Fsp3) is 0.400. The molecular formula is C15H19N3OS. The van der Waals surface area contributed by atoms with E-state index in [2.05, 4.69) is 22.4 Å². The number of rotatable bonds is 6. The second-order valence-electron chi connectivity index (χ2n) is 4.60. The van der Waals surface area contributed by atoms with E-state index in [0.717, 1.165) is 29.8 Å². The zero-order valence-electron chi connectivity index (χ0n) is 11.8. The van der Waals surface area contributed by atoms with Crippen LogP contribution < -0.4 is 5.32 Å². The molecule has 1 atom stereocenters. The number of nitrogens with one attached hydrogen (secondary N) is 1. The number of aryl methyl sites for hydroxylation is 1. The van der Waals surface area contributed by atoms with Gasteiger partial charge in [0.05, 0.1) is 5.92 Å². The monoisotopic (exact) mass is 289 g/mol. The molecule has 4 nitrogen and oxygen atoms in total. The first-order chi connectivity index (χ1) is 9.74. The average molecular weight is 289 g/mol. The Bertz CT molecular complexity index is 553. The minimum Gasteiger partial charge on any atom is -0.300 e. The maximum absolute atomic E-state index is 12.4. The fourth-order valence-corrected chi connectivity index (χ4v) is 2.75. The van der Waals surface area contributed by atoms with Gasteiger partial charge in [0.25, 0.3) is 0 Å². The number of hydrogen-bond acceptors (Lipinski definition) is 4. The fourth-order valence-electron chi connectivity index (χ4n) is 2.06. The molecule has 0 spiro atoms. The molecule has 0 saturated heterocycles. The molecule has 1 amide bonds. The van der Waals surface area contributed by atoms with Crippen LogP contribution in [0.3, 0.4) is 0 Å². The third-order valence-electron chi connectivity index (χ3n) is 3.10. The van der Waals surface area contributed by atoms with Gasteiger partial charge in [-0.25, -0.2) is 0 Å². The van der Waals surface area contributed by atoms with E-state index in [1.807, 2.05) is 37.3 Å². The molecule has 1 unspecified atom stereocenters. The summed E-state index contributed by atoms with van der Waals surface area (Å²) < 4.78 is 0. The summed E-state index contributed by atoms with van der Waals surface area (Å²) in [4.78, 5) is 12.4. The van der Waals surface area contributed by atoms with Crippen molar-refractivity contribution in [3.8, 4) is 0 Å². The van der Waals surface area contributed by atoms with Crippen molar-refractivity contribution in [1.29, 1.82) is 0 Å². The van der Waals surface area contributed by atoms with Crippen LogP contribution in [0.1, 0.15) is 43.2 Å². The van der Waals surface area contributed by atoms with E-state index in [1.165, 1.54) is 11.3 Å². The highest BCUT2D eigenvalue weighted by molar-refractivity contribution is 7.15. The van der Waals surface area contributed by atoms with Gasteiger partial charge in [-0.1, -0.05) is 61.9 Å². The third kappa shape index (κ3) is 3.63. The lowest BCUT2D eigenvalue weighted by Gasteiger charge is -2.15. The predicted molar refractivity (Wildman–Crippen MR) is 82.0 cm³/mol. The lowest BCUT2D eigenvalue weighted by Crippen LogP contribution is -2.21. The van der Waals surface area contributed by atoms with Gasteiger partial charge in [0.15, 0.2) is 0 Å². The largest absolute Gasteiger partial charge is 0.300 e. The number of aromatic nitrogens is 2. The molecule has 0 saturated carbocycles. The van der Waals surface area contributed by atoms with Crippen LogP contribution in [0, 0.1) is 0 Å². The van der Waals surface area contributed by atoms with Gasteiger partial charge in [0.2, 0.25) is 11.0 Å². The van der Waals surface area contributed by atoms with Gasteiger partial charge >= 0.3 is 0 Å². The van der Waals surface area contributed by atoms with E-state index in [0.29, 0.717) is 5.13 Å². The summed E-state index contributed by atoms with van der Waals surface area (Å²) in [6.45, 7) is 4.11. The van der Waals surface area contributed by atoms with Crippen LogP contribution in [0.5, 0.6) is 0 Å². The van der Waals surface area contributed by atoms with Gasteiger partial charge < -0.3 is 0 Å². The molecular weight excluding hydrogens is 270 g/mol. The highest BCUT2D eigenvalue weighted by atomic mass is 32.1. The molecule has 20 heavy (non-hydrogen) atoms. The number of hydrogen-bond donors (Lipinski definition) is 1. The van der Waals surface area contributed by atoms with Crippen LogP contribution in [-0.4, -0.2) is 16.1 Å². The van der Waals surface area contributed by atoms with E-state index >= 15 is 0 Å². The molecule has 1 heterocycles. The number of nitrogens with zero attached hydrogens (tertiary/aromatic N) is 2. The molecule has 2 aromatic rings. The average Bonchev–Trinajstić information content (AvgIpc) is 2.93. The number of carbonyl (C=O) groups is 1. The number of carbonyl (C=O) groups excluding carboxylic acids is 1. The number of amides is 1. The first-order valence-corrected chi connectivity index (χ1v) is 7.74. The molecule has 0 aliphatic carbocycles. The highest BCUT2D eigenvalue weighted by Gasteiger charge is 2.20. The zero-order valence-corrected chi connectivity index (χ0v) is 12.6. The first-order valence-electron chi connectivity index (χ1n) is 6.92. The van der Waals surface area contributed by atoms with E-state index in [1.54, 1.807) is 0 Å². The van der Waals surface area contributed by atoms with Crippen molar-refractivity contribution >= 4 is 22.4 Å². The Labute approximate surface area is 123 Å². The minimum absolute atomic E-state index is 0.00291. The summed E-state index contributed by atoms with van der Waals surface area (Å²) in [6, 6.07) is 9.88. The second-order valence-corrected chi connectivity index (χ2v) is 5.66. The minimum atomic E-state index is -0.129. The van der Waals surface area contributed by atoms with Crippen LogP contribution in [0.2, 0.25) is 0 Å². The molecule has 1 N–H and O–H groups in total. The Kier molecular flexibility index (Phi) is 5.24. The van der Waals surface area contributed by atoms with Crippen molar-refractivity contribution in [2.24, 2.45) is 0 Å². The molecule has 2 rings (SSSR count).